The van der Waals surface area contributed by atoms with E-state index in [9.17, 15) is 0 Å². The van der Waals surface area contributed by atoms with E-state index in [-0.39, 0.29) is 0 Å². The Balaban J connectivity index is 1.96. The van der Waals surface area contributed by atoms with E-state index >= 15 is 0 Å². The number of rotatable bonds is 5. The van der Waals surface area contributed by atoms with Gasteiger partial charge in [0.15, 0.2) is 0 Å². The average Bonchev–Trinajstić information content (AvgIpc) is 2.73. The van der Waals surface area contributed by atoms with Gasteiger partial charge in [-0.3, -0.25) is 0 Å². The molecule has 1 aromatic heterocycles. The summed E-state index contributed by atoms with van der Waals surface area (Å²) in [6, 6.07) is 9.27. The zero-order valence-electron chi connectivity index (χ0n) is 12.6. The number of aryl methyl sites for hydroxylation is 3. The number of thiophene rings is 1. The topological polar surface area (TPSA) is 12.0 Å². The first-order valence-electron chi connectivity index (χ1n) is 7.02. The molecule has 1 unspecified atom stereocenters. The Hall–Kier alpha value is -0.640. The van der Waals surface area contributed by atoms with Crippen LogP contribution in [0.1, 0.15) is 40.1 Å². The van der Waals surface area contributed by atoms with Crippen LogP contribution in [0.25, 0.3) is 0 Å². The first-order chi connectivity index (χ1) is 9.47. The van der Waals surface area contributed by atoms with Crippen LogP contribution in [0.5, 0.6) is 0 Å². The lowest BCUT2D eigenvalue weighted by molar-refractivity contribution is 0.573. The van der Waals surface area contributed by atoms with Crippen LogP contribution in [0.4, 0.5) is 0 Å². The standard InChI is InChI=1S/C17H22BrNS/c1-11-9-12(2)17(13(3)10-11)14(4)19-8-7-15-5-6-16(18)20-15/h5-6,9-10,14,19H,7-8H2,1-4H3. The second kappa shape index (κ2) is 6.88. The van der Waals surface area contributed by atoms with Crippen molar-refractivity contribution in [3.05, 3.63) is 55.2 Å². The number of hydrogen-bond acceptors (Lipinski definition) is 2. The Labute approximate surface area is 134 Å². The van der Waals surface area contributed by atoms with Crippen LogP contribution < -0.4 is 5.32 Å². The van der Waals surface area contributed by atoms with Crippen LogP contribution in [-0.4, -0.2) is 6.54 Å². The molecule has 3 heteroatoms. The summed E-state index contributed by atoms with van der Waals surface area (Å²) in [5.41, 5.74) is 5.57. The summed E-state index contributed by atoms with van der Waals surface area (Å²) in [6.45, 7) is 9.86. The Morgan fingerprint density at radius 2 is 1.80 bits per heavy atom. The fourth-order valence-electron chi connectivity index (χ4n) is 2.87. The van der Waals surface area contributed by atoms with E-state index in [1.807, 2.05) is 11.3 Å². The molecule has 1 atom stereocenters. The predicted molar refractivity (Wildman–Crippen MR) is 92.8 cm³/mol. The molecule has 1 N–H and O–H groups in total. The lowest BCUT2D eigenvalue weighted by Gasteiger charge is -2.19. The van der Waals surface area contributed by atoms with Crippen LogP contribution in [0.2, 0.25) is 0 Å². The fourth-order valence-corrected chi connectivity index (χ4v) is 4.36. The van der Waals surface area contributed by atoms with Crippen LogP contribution in [0.15, 0.2) is 28.1 Å². The smallest absolute Gasteiger partial charge is 0.0701 e. The molecule has 0 fully saturated rings. The molecular formula is C17H22BrNS. The van der Waals surface area contributed by atoms with E-state index in [4.69, 9.17) is 0 Å². The Morgan fingerprint density at radius 3 is 2.35 bits per heavy atom. The SMILES string of the molecule is Cc1cc(C)c(C(C)NCCc2ccc(Br)s2)c(C)c1. The molecule has 0 aliphatic carbocycles. The maximum Gasteiger partial charge on any atom is 0.0701 e. The van der Waals surface area contributed by atoms with Crippen molar-refractivity contribution in [1.82, 2.24) is 5.32 Å². The van der Waals surface area contributed by atoms with Gasteiger partial charge in [-0.2, -0.15) is 0 Å². The first kappa shape index (κ1) is 15.7. The Morgan fingerprint density at radius 1 is 1.15 bits per heavy atom. The van der Waals surface area contributed by atoms with Gasteiger partial charge in [0.05, 0.1) is 3.79 Å². The normalized spacial score (nSPS) is 12.7. The third-order valence-corrected chi connectivity index (χ3v) is 5.31. The molecule has 1 heterocycles. The van der Waals surface area contributed by atoms with E-state index in [1.54, 1.807) is 0 Å². The van der Waals surface area contributed by atoms with Gasteiger partial charge >= 0.3 is 0 Å². The maximum atomic E-state index is 3.65. The van der Waals surface area contributed by atoms with Crippen molar-refractivity contribution in [2.45, 2.75) is 40.2 Å². The second-order valence-electron chi connectivity index (χ2n) is 5.44. The van der Waals surface area contributed by atoms with Crippen LogP contribution in [0, 0.1) is 20.8 Å². The molecule has 0 bridgehead atoms. The minimum absolute atomic E-state index is 0.402. The zero-order chi connectivity index (χ0) is 14.7. The molecule has 108 valence electrons. The number of benzene rings is 1. The molecule has 2 aromatic rings. The van der Waals surface area contributed by atoms with Crippen molar-refractivity contribution in [3.63, 3.8) is 0 Å². The minimum Gasteiger partial charge on any atom is -0.310 e. The highest BCUT2D eigenvalue weighted by atomic mass is 79.9. The fraction of sp³-hybridized carbons (Fsp3) is 0.412. The van der Waals surface area contributed by atoms with E-state index in [0.29, 0.717) is 6.04 Å². The third-order valence-electron chi connectivity index (χ3n) is 3.62. The lowest BCUT2D eigenvalue weighted by Crippen LogP contribution is -2.22. The van der Waals surface area contributed by atoms with E-state index in [1.165, 1.54) is 30.9 Å². The summed E-state index contributed by atoms with van der Waals surface area (Å²) < 4.78 is 1.21. The number of hydrogen-bond donors (Lipinski definition) is 1. The average molecular weight is 352 g/mol. The summed E-state index contributed by atoms with van der Waals surface area (Å²) in [4.78, 5) is 1.42. The van der Waals surface area contributed by atoms with Gasteiger partial charge in [-0.05, 0) is 78.9 Å². The quantitative estimate of drug-likeness (QED) is 0.767. The van der Waals surface area contributed by atoms with Gasteiger partial charge in [0.1, 0.15) is 0 Å². The molecule has 0 saturated heterocycles. The largest absolute Gasteiger partial charge is 0.310 e. The summed E-state index contributed by atoms with van der Waals surface area (Å²) in [5.74, 6) is 0. The van der Waals surface area contributed by atoms with Gasteiger partial charge in [-0.15, -0.1) is 11.3 Å². The van der Waals surface area contributed by atoms with Crippen molar-refractivity contribution >= 4 is 27.3 Å². The highest BCUT2D eigenvalue weighted by Gasteiger charge is 2.11. The van der Waals surface area contributed by atoms with Crippen molar-refractivity contribution in [2.75, 3.05) is 6.54 Å². The minimum atomic E-state index is 0.402. The maximum absolute atomic E-state index is 3.65. The van der Waals surface area contributed by atoms with Crippen LogP contribution in [0.3, 0.4) is 0 Å². The second-order valence-corrected chi connectivity index (χ2v) is 7.99. The van der Waals surface area contributed by atoms with E-state index in [2.05, 4.69) is 73.2 Å². The van der Waals surface area contributed by atoms with E-state index < -0.39 is 0 Å². The van der Waals surface area contributed by atoms with Crippen molar-refractivity contribution in [1.29, 1.82) is 0 Å². The van der Waals surface area contributed by atoms with Crippen molar-refractivity contribution in [3.8, 4) is 0 Å². The van der Waals surface area contributed by atoms with Gasteiger partial charge in [-0.25, -0.2) is 0 Å². The molecule has 1 nitrogen and oxygen atoms in total. The zero-order valence-corrected chi connectivity index (χ0v) is 15.0. The molecule has 2 rings (SSSR count). The van der Waals surface area contributed by atoms with Gasteiger partial charge in [0.25, 0.3) is 0 Å². The summed E-state index contributed by atoms with van der Waals surface area (Å²) in [7, 11) is 0. The molecule has 20 heavy (non-hydrogen) atoms. The molecular weight excluding hydrogens is 330 g/mol. The van der Waals surface area contributed by atoms with Crippen molar-refractivity contribution < 1.29 is 0 Å². The highest BCUT2D eigenvalue weighted by molar-refractivity contribution is 9.11. The highest BCUT2D eigenvalue weighted by Crippen LogP contribution is 2.24. The first-order valence-corrected chi connectivity index (χ1v) is 8.63. The Bertz CT molecular complexity index is 565. The van der Waals surface area contributed by atoms with Crippen LogP contribution >= 0.6 is 27.3 Å². The summed E-state index contributed by atoms with van der Waals surface area (Å²) in [5, 5.41) is 3.65. The summed E-state index contributed by atoms with van der Waals surface area (Å²) >= 11 is 5.33. The summed E-state index contributed by atoms with van der Waals surface area (Å²) in [6.07, 6.45) is 1.09. The Kier molecular flexibility index (Phi) is 5.42. The predicted octanol–water partition coefficient (Wildman–Crippen LogP) is 5.33. The van der Waals surface area contributed by atoms with Crippen molar-refractivity contribution in [2.24, 2.45) is 0 Å². The lowest BCUT2D eigenvalue weighted by atomic mass is 9.95. The van der Waals surface area contributed by atoms with E-state index in [0.717, 1.165) is 13.0 Å². The monoisotopic (exact) mass is 351 g/mol. The molecule has 0 spiro atoms. The molecule has 0 aliphatic heterocycles. The van der Waals surface area contributed by atoms with Gasteiger partial charge in [-0.1, -0.05) is 17.7 Å². The molecule has 0 aliphatic rings. The molecule has 0 saturated carbocycles. The van der Waals surface area contributed by atoms with Gasteiger partial charge in [0.2, 0.25) is 0 Å². The number of nitrogens with one attached hydrogen (secondary N) is 1. The third kappa shape index (κ3) is 3.94. The molecule has 0 amide bonds. The number of halogens is 1. The van der Waals surface area contributed by atoms with Gasteiger partial charge < -0.3 is 5.32 Å². The van der Waals surface area contributed by atoms with Gasteiger partial charge in [0, 0.05) is 17.5 Å². The van der Waals surface area contributed by atoms with Crippen LogP contribution in [-0.2, 0) is 6.42 Å². The molecule has 1 aromatic carbocycles. The molecule has 0 radical (unpaired) electrons.